The second kappa shape index (κ2) is 7.86. The predicted molar refractivity (Wildman–Crippen MR) is 91.9 cm³/mol. The zero-order valence-electron chi connectivity index (χ0n) is 13.6. The molecule has 3 aromatic rings. The number of rotatable bonds is 2. The fraction of sp³-hybridized carbons (Fsp3) is 0.105. The molecule has 0 saturated carbocycles. The van der Waals surface area contributed by atoms with Crippen molar-refractivity contribution in [3.05, 3.63) is 90.3 Å². The molecule has 2 aromatic carbocycles. The molecule has 1 heterocycles. The molecular formula is C19H19NO3S. The van der Waals surface area contributed by atoms with Crippen LogP contribution in [0.1, 0.15) is 11.1 Å². The first-order valence-electron chi connectivity index (χ1n) is 7.42. The molecule has 0 aliphatic carbocycles. The molecule has 124 valence electrons. The van der Waals surface area contributed by atoms with Gasteiger partial charge in [-0.2, -0.15) is 4.57 Å². The highest BCUT2D eigenvalue weighted by atomic mass is 32.2. The van der Waals surface area contributed by atoms with Crippen molar-refractivity contribution in [3.8, 4) is 5.69 Å². The number of benzene rings is 2. The SMILES string of the molecule is Cc1cc[n+](-c2ccccc2)cc1.Cc1ccc(S(=O)(=O)[O-])cc1. The number of hydrogen-bond donors (Lipinski definition) is 0. The second-order valence-electron chi connectivity index (χ2n) is 5.39. The summed E-state index contributed by atoms with van der Waals surface area (Å²) < 4.78 is 33.3. The molecule has 0 N–H and O–H groups in total. The summed E-state index contributed by atoms with van der Waals surface area (Å²) in [6.07, 6.45) is 4.15. The van der Waals surface area contributed by atoms with Gasteiger partial charge in [0.15, 0.2) is 12.4 Å². The van der Waals surface area contributed by atoms with Gasteiger partial charge in [0.1, 0.15) is 10.1 Å². The molecule has 0 saturated heterocycles. The van der Waals surface area contributed by atoms with Gasteiger partial charge in [-0.05, 0) is 31.5 Å². The summed E-state index contributed by atoms with van der Waals surface area (Å²) in [6.45, 7) is 3.91. The fourth-order valence-corrected chi connectivity index (χ4v) is 2.45. The lowest BCUT2D eigenvalue weighted by Gasteiger charge is -2.05. The molecule has 4 nitrogen and oxygen atoms in total. The number of para-hydroxylation sites is 1. The van der Waals surface area contributed by atoms with Gasteiger partial charge >= 0.3 is 0 Å². The lowest BCUT2D eigenvalue weighted by Crippen LogP contribution is -2.28. The summed E-state index contributed by atoms with van der Waals surface area (Å²) in [5, 5.41) is 0. The monoisotopic (exact) mass is 341 g/mol. The molecule has 0 unspecified atom stereocenters. The van der Waals surface area contributed by atoms with Gasteiger partial charge in [-0.3, -0.25) is 0 Å². The Kier molecular flexibility index (Phi) is 5.84. The third-order valence-electron chi connectivity index (χ3n) is 3.36. The fourth-order valence-electron chi connectivity index (χ4n) is 1.98. The van der Waals surface area contributed by atoms with Crippen molar-refractivity contribution >= 4 is 10.1 Å². The van der Waals surface area contributed by atoms with Gasteiger partial charge in [0.25, 0.3) is 0 Å². The normalized spacial score (nSPS) is 10.6. The van der Waals surface area contributed by atoms with E-state index in [0.29, 0.717) is 0 Å². The van der Waals surface area contributed by atoms with Gasteiger partial charge in [-0.25, -0.2) is 8.42 Å². The van der Waals surface area contributed by atoms with E-state index >= 15 is 0 Å². The maximum atomic E-state index is 10.4. The van der Waals surface area contributed by atoms with E-state index in [1.165, 1.54) is 23.4 Å². The lowest BCUT2D eigenvalue weighted by atomic mass is 10.2. The standard InChI is InChI=1S/C12H12N.C7H8O3S/c1-11-7-9-13(10-8-11)12-5-3-2-4-6-12;1-6-2-4-7(5-3-6)11(8,9)10/h2-10H,1H3;2-5H,1H3,(H,8,9,10)/q+1;/p-1. The molecule has 0 atom stereocenters. The Hall–Kier alpha value is -2.50. The van der Waals surface area contributed by atoms with Crippen LogP contribution in [0.2, 0.25) is 0 Å². The van der Waals surface area contributed by atoms with E-state index in [1.807, 2.05) is 25.1 Å². The minimum Gasteiger partial charge on any atom is -0.744 e. The smallest absolute Gasteiger partial charge is 0.210 e. The Morgan fingerprint density at radius 3 is 1.75 bits per heavy atom. The van der Waals surface area contributed by atoms with Crippen LogP contribution in [0.5, 0.6) is 0 Å². The molecule has 0 bridgehead atoms. The van der Waals surface area contributed by atoms with E-state index < -0.39 is 10.1 Å². The maximum Gasteiger partial charge on any atom is 0.210 e. The van der Waals surface area contributed by atoms with Crippen molar-refractivity contribution in [2.24, 2.45) is 0 Å². The molecule has 0 aliphatic rings. The van der Waals surface area contributed by atoms with Gasteiger partial charge in [0.05, 0.1) is 4.90 Å². The number of pyridine rings is 1. The first-order chi connectivity index (χ1) is 11.4. The number of hydrogen-bond acceptors (Lipinski definition) is 3. The molecule has 0 spiro atoms. The Bertz CT molecular complexity index is 872. The first-order valence-corrected chi connectivity index (χ1v) is 8.83. The Labute approximate surface area is 142 Å². The van der Waals surface area contributed by atoms with Crippen molar-refractivity contribution in [2.45, 2.75) is 18.7 Å². The van der Waals surface area contributed by atoms with E-state index in [4.69, 9.17) is 0 Å². The van der Waals surface area contributed by atoms with Gasteiger partial charge in [-0.15, -0.1) is 0 Å². The van der Waals surface area contributed by atoms with Crippen LogP contribution in [0.25, 0.3) is 5.69 Å². The van der Waals surface area contributed by atoms with Gasteiger partial charge < -0.3 is 4.55 Å². The summed E-state index contributed by atoms with van der Waals surface area (Å²) in [5.41, 5.74) is 3.41. The van der Waals surface area contributed by atoms with Crippen LogP contribution >= 0.6 is 0 Å². The molecular weight excluding hydrogens is 322 g/mol. The van der Waals surface area contributed by atoms with Crippen LogP contribution in [-0.4, -0.2) is 13.0 Å². The topological polar surface area (TPSA) is 61.1 Å². The van der Waals surface area contributed by atoms with E-state index in [9.17, 15) is 13.0 Å². The summed E-state index contributed by atoms with van der Waals surface area (Å²) in [5.74, 6) is 0. The van der Waals surface area contributed by atoms with Crippen LogP contribution in [0.3, 0.4) is 0 Å². The zero-order valence-corrected chi connectivity index (χ0v) is 14.4. The number of aromatic nitrogens is 1. The predicted octanol–water partition coefficient (Wildman–Crippen LogP) is 3.17. The van der Waals surface area contributed by atoms with Crippen molar-refractivity contribution in [1.29, 1.82) is 0 Å². The first kappa shape index (κ1) is 17.8. The van der Waals surface area contributed by atoms with E-state index in [2.05, 4.69) is 48.1 Å². The Balaban J connectivity index is 0.000000177. The summed E-state index contributed by atoms with van der Waals surface area (Å²) in [7, 11) is -4.27. The van der Waals surface area contributed by atoms with Crippen LogP contribution in [0.4, 0.5) is 0 Å². The molecule has 0 aliphatic heterocycles. The number of aryl methyl sites for hydroxylation is 2. The summed E-state index contributed by atoms with van der Waals surface area (Å²) >= 11 is 0. The van der Waals surface area contributed by atoms with E-state index in [1.54, 1.807) is 12.1 Å². The minimum atomic E-state index is -4.27. The van der Waals surface area contributed by atoms with Gasteiger partial charge in [0.2, 0.25) is 5.69 Å². The molecule has 0 amide bonds. The summed E-state index contributed by atoms with van der Waals surface area (Å²) in [6, 6.07) is 20.3. The van der Waals surface area contributed by atoms with Crippen molar-refractivity contribution in [3.63, 3.8) is 0 Å². The van der Waals surface area contributed by atoms with Crippen molar-refractivity contribution < 1.29 is 17.5 Å². The largest absolute Gasteiger partial charge is 0.744 e. The average molecular weight is 341 g/mol. The average Bonchev–Trinajstić information content (AvgIpc) is 2.56. The quantitative estimate of drug-likeness (QED) is 0.531. The molecule has 0 radical (unpaired) electrons. The summed E-state index contributed by atoms with van der Waals surface area (Å²) in [4.78, 5) is -0.178. The van der Waals surface area contributed by atoms with Gasteiger partial charge in [0, 0.05) is 24.3 Å². The van der Waals surface area contributed by atoms with E-state index in [-0.39, 0.29) is 4.90 Å². The highest BCUT2D eigenvalue weighted by Gasteiger charge is 2.01. The number of nitrogens with zero attached hydrogens (tertiary/aromatic N) is 1. The maximum absolute atomic E-state index is 10.4. The van der Waals surface area contributed by atoms with Crippen molar-refractivity contribution in [2.75, 3.05) is 0 Å². The molecule has 0 fully saturated rings. The molecule has 24 heavy (non-hydrogen) atoms. The Morgan fingerprint density at radius 1 is 0.750 bits per heavy atom. The third-order valence-corrected chi connectivity index (χ3v) is 4.21. The molecule has 5 heteroatoms. The highest BCUT2D eigenvalue weighted by molar-refractivity contribution is 7.85. The van der Waals surface area contributed by atoms with Gasteiger partial charge in [-0.1, -0.05) is 35.9 Å². The van der Waals surface area contributed by atoms with Crippen LogP contribution in [0, 0.1) is 13.8 Å². The van der Waals surface area contributed by atoms with Crippen molar-refractivity contribution in [1.82, 2.24) is 0 Å². The highest BCUT2D eigenvalue weighted by Crippen LogP contribution is 2.08. The lowest BCUT2D eigenvalue weighted by molar-refractivity contribution is -0.595. The second-order valence-corrected chi connectivity index (χ2v) is 6.77. The van der Waals surface area contributed by atoms with Crippen LogP contribution in [-0.2, 0) is 10.1 Å². The van der Waals surface area contributed by atoms with Crippen LogP contribution in [0.15, 0.2) is 84.0 Å². The molecule has 1 aromatic heterocycles. The van der Waals surface area contributed by atoms with Crippen LogP contribution < -0.4 is 4.57 Å². The third kappa shape index (κ3) is 5.30. The minimum absolute atomic E-state index is 0.178. The Morgan fingerprint density at radius 2 is 1.25 bits per heavy atom. The van der Waals surface area contributed by atoms with E-state index in [0.717, 1.165) is 5.56 Å². The zero-order chi connectivity index (χ0) is 17.6. The molecule has 3 rings (SSSR count).